The second-order valence-corrected chi connectivity index (χ2v) is 5.91. The molecule has 94 valence electrons. The molecule has 0 aliphatic heterocycles. The summed E-state index contributed by atoms with van der Waals surface area (Å²) in [6.07, 6.45) is 2.71. The minimum Gasteiger partial charge on any atom is -0.305 e. The average molecular weight is 258 g/mol. The highest BCUT2D eigenvalue weighted by Gasteiger charge is 2.31. The van der Waals surface area contributed by atoms with Gasteiger partial charge in [0.05, 0.1) is 11.2 Å². The van der Waals surface area contributed by atoms with E-state index in [9.17, 15) is 0 Å². The van der Waals surface area contributed by atoms with E-state index in [4.69, 9.17) is 0 Å². The fraction of sp³-hybridized carbons (Fsp3) is 0.400. The van der Waals surface area contributed by atoms with Gasteiger partial charge in [0.2, 0.25) is 0 Å². The Hall–Kier alpha value is -1.19. The Morgan fingerprint density at radius 3 is 2.72 bits per heavy atom. The van der Waals surface area contributed by atoms with Gasteiger partial charge in [-0.3, -0.25) is 0 Å². The number of nitrogens with one attached hydrogen (secondary N) is 1. The summed E-state index contributed by atoms with van der Waals surface area (Å²) in [7, 11) is 0. The molecule has 1 N–H and O–H groups in total. The molecule has 0 bridgehead atoms. The second kappa shape index (κ2) is 5.21. The van der Waals surface area contributed by atoms with Crippen LogP contribution in [0.3, 0.4) is 0 Å². The van der Waals surface area contributed by atoms with Crippen LogP contribution in [0.5, 0.6) is 0 Å². The number of aryl methyl sites for hydroxylation is 1. The lowest BCUT2D eigenvalue weighted by atomic mass is 10.0. The van der Waals surface area contributed by atoms with E-state index in [0.29, 0.717) is 6.04 Å². The summed E-state index contributed by atoms with van der Waals surface area (Å²) in [4.78, 5) is 5.66. The number of benzene rings is 1. The molecular weight excluding hydrogens is 240 g/mol. The normalized spacial score (nSPS) is 16.7. The molecule has 0 amide bonds. The third-order valence-electron chi connectivity index (χ3n) is 3.58. The molecule has 1 fully saturated rings. The van der Waals surface area contributed by atoms with Gasteiger partial charge in [-0.15, -0.1) is 11.3 Å². The van der Waals surface area contributed by atoms with Crippen LogP contribution in [0.1, 0.15) is 35.0 Å². The fourth-order valence-electron chi connectivity index (χ4n) is 2.35. The summed E-state index contributed by atoms with van der Waals surface area (Å²) < 4.78 is 0. The van der Waals surface area contributed by atoms with E-state index in [2.05, 4.69) is 47.6 Å². The first-order valence-electron chi connectivity index (χ1n) is 6.52. The van der Waals surface area contributed by atoms with Crippen molar-refractivity contribution in [1.29, 1.82) is 0 Å². The van der Waals surface area contributed by atoms with E-state index in [1.165, 1.54) is 23.3 Å². The van der Waals surface area contributed by atoms with E-state index >= 15 is 0 Å². The lowest BCUT2D eigenvalue weighted by Crippen LogP contribution is -2.22. The van der Waals surface area contributed by atoms with Crippen molar-refractivity contribution < 1.29 is 0 Å². The van der Waals surface area contributed by atoms with Crippen LogP contribution in [-0.4, -0.2) is 4.98 Å². The van der Waals surface area contributed by atoms with Gasteiger partial charge in [0.25, 0.3) is 0 Å². The first-order valence-corrected chi connectivity index (χ1v) is 7.40. The van der Waals surface area contributed by atoms with Gasteiger partial charge in [0, 0.05) is 17.5 Å². The zero-order valence-electron chi connectivity index (χ0n) is 10.6. The largest absolute Gasteiger partial charge is 0.305 e. The molecular formula is C15H18N2S. The Balaban J connectivity index is 1.70. The number of hydrogen-bond acceptors (Lipinski definition) is 3. The van der Waals surface area contributed by atoms with Gasteiger partial charge in [-0.25, -0.2) is 4.98 Å². The zero-order chi connectivity index (χ0) is 12.4. The van der Waals surface area contributed by atoms with Crippen LogP contribution in [0, 0.1) is 12.8 Å². The Kier molecular flexibility index (Phi) is 3.43. The van der Waals surface area contributed by atoms with Gasteiger partial charge in [0.1, 0.15) is 0 Å². The van der Waals surface area contributed by atoms with Gasteiger partial charge >= 0.3 is 0 Å². The topological polar surface area (TPSA) is 24.9 Å². The molecule has 1 unspecified atom stereocenters. The van der Waals surface area contributed by atoms with Crippen LogP contribution in [0.15, 0.2) is 35.8 Å². The van der Waals surface area contributed by atoms with Gasteiger partial charge in [-0.2, -0.15) is 0 Å². The quantitative estimate of drug-likeness (QED) is 0.884. The highest BCUT2D eigenvalue weighted by molar-refractivity contribution is 7.09. The van der Waals surface area contributed by atoms with E-state index in [-0.39, 0.29) is 0 Å². The monoisotopic (exact) mass is 258 g/mol. The maximum atomic E-state index is 4.31. The molecule has 1 aromatic heterocycles. The fourth-order valence-corrected chi connectivity index (χ4v) is 3.07. The number of aromatic nitrogens is 1. The Morgan fingerprint density at radius 2 is 2.11 bits per heavy atom. The summed E-state index contributed by atoms with van der Waals surface area (Å²) in [6, 6.07) is 11.3. The lowest BCUT2D eigenvalue weighted by molar-refractivity contribution is 0.482. The third kappa shape index (κ3) is 2.62. The van der Waals surface area contributed by atoms with E-state index in [0.717, 1.165) is 18.2 Å². The van der Waals surface area contributed by atoms with Crippen LogP contribution < -0.4 is 5.32 Å². The lowest BCUT2D eigenvalue weighted by Gasteiger charge is -2.18. The highest BCUT2D eigenvalue weighted by Crippen LogP contribution is 2.41. The molecule has 0 radical (unpaired) electrons. The standard InChI is InChI=1S/C15H18N2S/c1-11-14(18-10-17-11)9-16-15(13-7-8-13)12-5-3-2-4-6-12/h2-6,10,13,15-16H,7-9H2,1H3. The predicted octanol–water partition coefficient (Wildman–Crippen LogP) is 3.69. The van der Waals surface area contributed by atoms with Crippen LogP contribution in [0.2, 0.25) is 0 Å². The van der Waals surface area contributed by atoms with E-state index < -0.39 is 0 Å². The summed E-state index contributed by atoms with van der Waals surface area (Å²) in [5.41, 5.74) is 4.51. The molecule has 2 nitrogen and oxygen atoms in total. The summed E-state index contributed by atoms with van der Waals surface area (Å²) >= 11 is 1.75. The summed E-state index contributed by atoms with van der Waals surface area (Å²) in [5, 5.41) is 3.71. The van der Waals surface area contributed by atoms with Crippen LogP contribution >= 0.6 is 11.3 Å². The number of nitrogens with zero attached hydrogens (tertiary/aromatic N) is 1. The smallest absolute Gasteiger partial charge is 0.0798 e. The highest BCUT2D eigenvalue weighted by atomic mass is 32.1. The molecule has 3 rings (SSSR count). The molecule has 18 heavy (non-hydrogen) atoms. The van der Waals surface area contributed by atoms with Crippen molar-refractivity contribution in [1.82, 2.24) is 10.3 Å². The number of rotatable bonds is 5. The minimum atomic E-state index is 0.507. The predicted molar refractivity (Wildman–Crippen MR) is 75.6 cm³/mol. The Labute approximate surface area is 112 Å². The molecule has 1 saturated carbocycles. The SMILES string of the molecule is Cc1ncsc1CNC(c1ccccc1)C1CC1. The van der Waals surface area contributed by atoms with Crippen LogP contribution in [-0.2, 0) is 6.54 Å². The maximum Gasteiger partial charge on any atom is 0.0798 e. The van der Waals surface area contributed by atoms with Crippen molar-refractivity contribution >= 4 is 11.3 Å². The van der Waals surface area contributed by atoms with Crippen LogP contribution in [0.4, 0.5) is 0 Å². The molecule has 3 heteroatoms. The van der Waals surface area contributed by atoms with Gasteiger partial charge in [-0.1, -0.05) is 30.3 Å². The van der Waals surface area contributed by atoms with Crippen molar-refractivity contribution in [3.05, 3.63) is 52.0 Å². The molecule has 1 aliphatic rings. The molecule has 1 heterocycles. The van der Waals surface area contributed by atoms with E-state index in [1.807, 2.05) is 5.51 Å². The summed E-state index contributed by atoms with van der Waals surface area (Å²) in [6.45, 7) is 3.02. The van der Waals surface area contributed by atoms with Crippen LogP contribution in [0.25, 0.3) is 0 Å². The van der Waals surface area contributed by atoms with Gasteiger partial charge in [-0.05, 0) is 31.2 Å². The van der Waals surface area contributed by atoms with E-state index in [1.54, 1.807) is 11.3 Å². The average Bonchev–Trinajstić information content (AvgIpc) is 3.15. The summed E-state index contributed by atoms with van der Waals surface area (Å²) in [5.74, 6) is 0.820. The molecule has 1 aromatic carbocycles. The number of thiazole rings is 1. The molecule has 2 aromatic rings. The zero-order valence-corrected chi connectivity index (χ0v) is 11.4. The minimum absolute atomic E-state index is 0.507. The third-order valence-corrected chi connectivity index (χ3v) is 4.51. The number of hydrogen-bond donors (Lipinski definition) is 1. The van der Waals surface area contributed by atoms with Gasteiger partial charge in [0.15, 0.2) is 0 Å². The molecule has 1 aliphatic carbocycles. The molecule has 1 atom stereocenters. The van der Waals surface area contributed by atoms with Gasteiger partial charge < -0.3 is 5.32 Å². The van der Waals surface area contributed by atoms with Crippen molar-refractivity contribution in [3.8, 4) is 0 Å². The first kappa shape index (κ1) is 11.9. The second-order valence-electron chi connectivity index (χ2n) is 4.97. The van der Waals surface area contributed by atoms with Crippen molar-refractivity contribution in [3.63, 3.8) is 0 Å². The van der Waals surface area contributed by atoms with Crippen molar-refractivity contribution in [2.24, 2.45) is 5.92 Å². The Morgan fingerprint density at radius 1 is 1.33 bits per heavy atom. The Bertz CT molecular complexity index is 502. The molecule has 0 spiro atoms. The maximum absolute atomic E-state index is 4.31. The van der Waals surface area contributed by atoms with Crippen molar-refractivity contribution in [2.75, 3.05) is 0 Å². The first-order chi connectivity index (χ1) is 8.84. The van der Waals surface area contributed by atoms with Crippen molar-refractivity contribution in [2.45, 2.75) is 32.4 Å². The molecule has 0 saturated heterocycles.